The van der Waals surface area contributed by atoms with Crippen LogP contribution >= 0.6 is 0 Å². The minimum absolute atomic E-state index is 0.0937. The number of carbonyl (C=O) groups excluding carboxylic acids is 1. The Balaban J connectivity index is 2.60. The SMILES string of the molecule is CC(C)CCCCCC(CCCC(C)C)OC(=O)c1cccc(C(=O)O)c1. The van der Waals surface area contributed by atoms with Crippen LogP contribution in [0.1, 0.15) is 99.8 Å². The van der Waals surface area contributed by atoms with Crippen LogP contribution in [0.25, 0.3) is 0 Å². The van der Waals surface area contributed by atoms with Crippen molar-refractivity contribution in [2.24, 2.45) is 11.8 Å². The number of hydrogen-bond acceptors (Lipinski definition) is 3. The second kappa shape index (κ2) is 12.5. The van der Waals surface area contributed by atoms with Crippen LogP contribution in [0, 0.1) is 11.8 Å². The van der Waals surface area contributed by atoms with Gasteiger partial charge in [-0.2, -0.15) is 0 Å². The molecule has 0 fully saturated rings. The minimum Gasteiger partial charge on any atom is -0.478 e. The molecule has 1 rings (SSSR count). The topological polar surface area (TPSA) is 63.6 Å². The van der Waals surface area contributed by atoms with Crippen LogP contribution in [-0.4, -0.2) is 23.1 Å². The van der Waals surface area contributed by atoms with Crippen LogP contribution in [0.15, 0.2) is 24.3 Å². The highest BCUT2D eigenvalue weighted by atomic mass is 16.5. The first-order valence-corrected chi connectivity index (χ1v) is 10.3. The number of carboxylic acids is 1. The second-order valence-electron chi connectivity index (χ2n) is 8.27. The number of carboxylic acid groups (broad SMARTS) is 1. The Labute approximate surface area is 164 Å². The van der Waals surface area contributed by atoms with Gasteiger partial charge in [-0.1, -0.05) is 59.4 Å². The maximum Gasteiger partial charge on any atom is 0.338 e. The summed E-state index contributed by atoms with van der Waals surface area (Å²) in [6.45, 7) is 8.87. The highest BCUT2D eigenvalue weighted by Crippen LogP contribution is 2.19. The second-order valence-corrected chi connectivity index (χ2v) is 8.27. The van der Waals surface area contributed by atoms with E-state index in [2.05, 4.69) is 27.7 Å². The molecule has 1 unspecified atom stereocenters. The molecular formula is C23H36O4. The van der Waals surface area contributed by atoms with Crippen molar-refractivity contribution in [3.05, 3.63) is 35.4 Å². The molecule has 4 heteroatoms. The molecule has 152 valence electrons. The van der Waals surface area contributed by atoms with Crippen LogP contribution in [-0.2, 0) is 4.74 Å². The van der Waals surface area contributed by atoms with Gasteiger partial charge in [-0.3, -0.25) is 0 Å². The zero-order valence-corrected chi connectivity index (χ0v) is 17.4. The van der Waals surface area contributed by atoms with Gasteiger partial charge in [0.05, 0.1) is 11.1 Å². The predicted octanol–water partition coefficient (Wildman–Crippen LogP) is 6.34. The molecule has 1 atom stereocenters. The van der Waals surface area contributed by atoms with Gasteiger partial charge in [0.1, 0.15) is 6.10 Å². The van der Waals surface area contributed by atoms with E-state index in [0.29, 0.717) is 11.5 Å². The van der Waals surface area contributed by atoms with Crippen LogP contribution < -0.4 is 0 Å². The number of aromatic carboxylic acids is 1. The normalized spacial score (nSPS) is 12.4. The summed E-state index contributed by atoms with van der Waals surface area (Å²) in [5.74, 6) is -0.0936. The Hall–Kier alpha value is -1.84. The summed E-state index contributed by atoms with van der Waals surface area (Å²) in [4.78, 5) is 23.6. The molecule has 0 aliphatic carbocycles. The van der Waals surface area contributed by atoms with E-state index in [1.807, 2.05) is 0 Å². The van der Waals surface area contributed by atoms with Gasteiger partial charge in [0, 0.05) is 0 Å². The fourth-order valence-corrected chi connectivity index (χ4v) is 3.12. The minimum atomic E-state index is -1.04. The maximum absolute atomic E-state index is 12.5. The Bertz CT molecular complexity index is 577. The number of esters is 1. The van der Waals surface area contributed by atoms with E-state index in [9.17, 15) is 9.59 Å². The number of carbonyl (C=O) groups is 2. The van der Waals surface area contributed by atoms with Gasteiger partial charge < -0.3 is 9.84 Å². The molecule has 0 aromatic heterocycles. The Morgan fingerprint density at radius 2 is 1.41 bits per heavy atom. The Morgan fingerprint density at radius 1 is 0.852 bits per heavy atom. The zero-order valence-electron chi connectivity index (χ0n) is 17.4. The monoisotopic (exact) mass is 376 g/mol. The highest BCUT2D eigenvalue weighted by Gasteiger charge is 2.17. The van der Waals surface area contributed by atoms with E-state index in [0.717, 1.165) is 44.4 Å². The van der Waals surface area contributed by atoms with Gasteiger partial charge in [0.15, 0.2) is 0 Å². The molecule has 1 N–H and O–H groups in total. The molecular weight excluding hydrogens is 340 g/mol. The third kappa shape index (κ3) is 10.2. The van der Waals surface area contributed by atoms with Crippen LogP contribution in [0.2, 0.25) is 0 Å². The molecule has 0 saturated carbocycles. The van der Waals surface area contributed by atoms with E-state index in [4.69, 9.17) is 9.84 Å². The van der Waals surface area contributed by atoms with Crippen molar-refractivity contribution in [2.75, 3.05) is 0 Å². The van der Waals surface area contributed by atoms with E-state index in [-0.39, 0.29) is 11.7 Å². The first kappa shape index (κ1) is 23.2. The predicted molar refractivity (Wildman–Crippen MR) is 109 cm³/mol. The zero-order chi connectivity index (χ0) is 20.2. The molecule has 4 nitrogen and oxygen atoms in total. The van der Waals surface area contributed by atoms with Gasteiger partial charge >= 0.3 is 11.9 Å². The van der Waals surface area contributed by atoms with Crippen LogP contribution in [0.4, 0.5) is 0 Å². The molecule has 1 aromatic carbocycles. The fourth-order valence-electron chi connectivity index (χ4n) is 3.12. The summed E-state index contributed by atoms with van der Waals surface area (Å²) < 4.78 is 5.75. The van der Waals surface area contributed by atoms with Gasteiger partial charge in [0.25, 0.3) is 0 Å². The Morgan fingerprint density at radius 3 is 2.04 bits per heavy atom. The van der Waals surface area contributed by atoms with E-state index < -0.39 is 11.9 Å². The number of benzene rings is 1. The number of unbranched alkanes of at least 4 members (excludes halogenated alkanes) is 2. The lowest BCUT2D eigenvalue weighted by Gasteiger charge is -2.19. The molecule has 0 amide bonds. The lowest BCUT2D eigenvalue weighted by Crippen LogP contribution is -2.19. The van der Waals surface area contributed by atoms with Gasteiger partial charge in [0.2, 0.25) is 0 Å². The number of hydrogen-bond donors (Lipinski definition) is 1. The summed E-state index contributed by atoms with van der Waals surface area (Å²) in [5, 5.41) is 9.09. The van der Waals surface area contributed by atoms with Gasteiger partial charge in [-0.25, -0.2) is 9.59 Å². The molecule has 1 aromatic rings. The third-order valence-corrected chi connectivity index (χ3v) is 4.73. The van der Waals surface area contributed by atoms with Crippen molar-refractivity contribution in [1.82, 2.24) is 0 Å². The molecule has 0 saturated heterocycles. The van der Waals surface area contributed by atoms with Crippen molar-refractivity contribution in [2.45, 2.75) is 85.2 Å². The average Bonchev–Trinajstić information content (AvgIpc) is 2.60. The molecule has 27 heavy (non-hydrogen) atoms. The highest BCUT2D eigenvalue weighted by molar-refractivity contribution is 5.94. The van der Waals surface area contributed by atoms with Crippen molar-refractivity contribution in [3.63, 3.8) is 0 Å². The van der Waals surface area contributed by atoms with Gasteiger partial charge in [-0.15, -0.1) is 0 Å². The molecule has 0 heterocycles. The molecule has 0 aliphatic rings. The maximum atomic E-state index is 12.5. The third-order valence-electron chi connectivity index (χ3n) is 4.73. The smallest absolute Gasteiger partial charge is 0.338 e. The molecule has 0 bridgehead atoms. The summed E-state index contributed by atoms with van der Waals surface area (Å²) in [6, 6.07) is 6.06. The lowest BCUT2D eigenvalue weighted by molar-refractivity contribution is 0.0247. The van der Waals surface area contributed by atoms with Crippen molar-refractivity contribution < 1.29 is 19.4 Å². The Kier molecular flexibility index (Phi) is 10.8. The lowest BCUT2D eigenvalue weighted by atomic mass is 9.99. The molecule has 0 spiro atoms. The summed E-state index contributed by atoms with van der Waals surface area (Å²) in [7, 11) is 0. The number of rotatable bonds is 13. The quantitative estimate of drug-likeness (QED) is 0.322. The van der Waals surface area contributed by atoms with Crippen molar-refractivity contribution >= 4 is 11.9 Å². The van der Waals surface area contributed by atoms with Gasteiger partial charge in [-0.05, 0) is 55.7 Å². The van der Waals surface area contributed by atoms with Crippen LogP contribution in [0.5, 0.6) is 0 Å². The summed E-state index contributed by atoms with van der Waals surface area (Å²) >= 11 is 0. The van der Waals surface area contributed by atoms with Crippen molar-refractivity contribution in [3.8, 4) is 0 Å². The fraction of sp³-hybridized carbons (Fsp3) is 0.652. The molecule has 0 aliphatic heterocycles. The van der Waals surface area contributed by atoms with E-state index >= 15 is 0 Å². The average molecular weight is 377 g/mol. The van der Waals surface area contributed by atoms with E-state index in [1.54, 1.807) is 12.1 Å². The first-order chi connectivity index (χ1) is 12.8. The van der Waals surface area contributed by atoms with Crippen molar-refractivity contribution in [1.29, 1.82) is 0 Å². The summed E-state index contributed by atoms with van der Waals surface area (Å²) in [6.07, 6.45) is 8.47. The number of ether oxygens (including phenoxy) is 1. The van der Waals surface area contributed by atoms with Crippen LogP contribution in [0.3, 0.4) is 0 Å². The first-order valence-electron chi connectivity index (χ1n) is 10.3. The largest absolute Gasteiger partial charge is 0.478 e. The van der Waals surface area contributed by atoms with E-state index in [1.165, 1.54) is 25.0 Å². The standard InChI is InChI=1S/C23H36O4/c1-17(2)10-6-5-7-14-21(15-8-11-18(3)4)27-23(26)20-13-9-12-19(16-20)22(24)25/h9,12-13,16-18,21H,5-8,10-11,14-15H2,1-4H3,(H,24,25). The summed E-state index contributed by atoms with van der Waals surface area (Å²) in [5.41, 5.74) is 0.415. The molecule has 0 radical (unpaired) electrons.